The molecule has 0 aliphatic carbocycles. The number of rotatable bonds is 17. The van der Waals surface area contributed by atoms with Gasteiger partial charge in [0.1, 0.15) is 40.5 Å². The van der Waals surface area contributed by atoms with Gasteiger partial charge in [-0.2, -0.15) is 0 Å². The summed E-state index contributed by atoms with van der Waals surface area (Å²) in [6.45, 7) is 21.9. The highest BCUT2D eigenvalue weighted by Crippen LogP contribution is 2.43. The van der Waals surface area contributed by atoms with Gasteiger partial charge in [-0.05, 0) is 127 Å². The standard InChI is InChI=1S/C59H93N3O18/c1-18-42-59(12,71)50(67)33(4)46(64)31(2)27-57(10,72-16)51(80-55-48(66)41(60(13)14)24-32(3)75-55)34(5)49(35(6)54(70)77-42)79-44-28-58(11,73-17)52(36(7)76-44)78-43(63)21-23-61(15)22-19-20-37-25-38-30-74-56(8,9)62-29-40(53(68)69)47(65)39(26-37)45(38)62/h25-26,29,31-36,41-42,44,48-52,55,66-67,71H,18-24,27-28,30H2,1-17H3,(H,68,69)/t31-,32+,33+,34+,35-,36+,41-,42-,44+,48+,49+,50-,51-,52+,55-,57-,58-,59-/m1/s1. The Kier molecular flexibility index (Phi) is 21.1. The molecule has 3 saturated heterocycles. The maximum atomic E-state index is 14.6. The highest BCUT2D eigenvalue weighted by atomic mass is 16.7. The summed E-state index contributed by atoms with van der Waals surface area (Å²) in [6, 6.07) is 3.42. The molecular weight excluding hydrogens is 1040 g/mol. The van der Waals surface area contributed by atoms with E-state index in [1.807, 2.05) is 64.7 Å². The lowest BCUT2D eigenvalue weighted by atomic mass is 9.74. The minimum Gasteiger partial charge on any atom is -0.477 e. The molecule has 0 spiro atoms. The van der Waals surface area contributed by atoms with Gasteiger partial charge in [0.05, 0.1) is 60.6 Å². The smallest absolute Gasteiger partial charge is 0.341 e. The van der Waals surface area contributed by atoms with E-state index in [0.717, 1.165) is 11.1 Å². The molecule has 21 heteroatoms. The van der Waals surface area contributed by atoms with Crippen LogP contribution in [0, 0.1) is 23.7 Å². The molecule has 0 saturated carbocycles. The van der Waals surface area contributed by atoms with Crippen molar-refractivity contribution in [3.63, 3.8) is 0 Å². The molecule has 5 heterocycles. The number of aromatic nitrogens is 1. The normalized spacial score (nSPS) is 37.4. The van der Waals surface area contributed by atoms with Crippen molar-refractivity contribution in [2.24, 2.45) is 23.7 Å². The van der Waals surface area contributed by atoms with Crippen molar-refractivity contribution in [1.29, 1.82) is 0 Å². The van der Waals surface area contributed by atoms with Crippen LogP contribution in [0.4, 0.5) is 0 Å². The molecule has 6 rings (SSSR count). The number of carboxylic acids is 1. The summed E-state index contributed by atoms with van der Waals surface area (Å²) in [5.41, 5.74) is -3.91. The van der Waals surface area contributed by atoms with Gasteiger partial charge < -0.3 is 77.4 Å². The van der Waals surface area contributed by atoms with Crippen molar-refractivity contribution in [3.8, 4) is 0 Å². The van der Waals surface area contributed by atoms with Crippen LogP contribution in [0.25, 0.3) is 10.9 Å². The average molecular weight is 1130 g/mol. The van der Waals surface area contributed by atoms with E-state index in [2.05, 4.69) is 0 Å². The maximum absolute atomic E-state index is 14.6. The molecule has 21 nitrogen and oxygen atoms in total. The maximum Gasteiger partial charge on any atom is 0.341 e. The summed E-state index contributed by atoms with van der Waals surface area (Å²) >= 11 is 0. The third-order valence-electron chi connectivity index (χ3n) is 17.8. The number of aliphatic hydroxyl groups excluding tert-OH is 2. The second-order valence-corrected chi connectivity index (χ2v) is 24.7. The van der Waals surface area contributed by atoms with Gasteiger partial charge in [0.25, 0.3) is 0 Å². The second kappa shape index (κ2) is 25.9. The molecule has 0 bridgehead atoms. The predicted octanol–water partition coefficient (Wildman–Crippen LogP) is 5.18. The van der Waals surface area contributed by atoms with Crippen molar-refractivity contribution in [3.05, 3.63) is 45.2 Å². The molecule has 0 radical (unpaired) electrons. The van der Waals surface area contributed by atoms with Crippen LogP contribution in [0.3, 0.4) is 0 Å². The number of carbonyl (C=O) groups excluding carboxylic acids is 3. The molecule has 4 aliphatic rings. The fraction of sp³-hybridized carbons (Fsp3) is 0.780. The first-order chi connectivity index (χ1) is 37.2. The number of carboxylic acid groups (broad SMARTS) is 1. The molecule has 18 atom stereocenters. The number of carbonyl (C=O) groups is 4. The Bertz CT molecular complexity index is 2570. The van der Waals surface area contributed by atoms with Crippen molar-refractivity contribution < 1.29 is 82.2 Å². The summed E-state index contributed by atoms with van der Waals surface area (Å²) < 4.78 is 59.3. The van der Waals surface area contributed by atoms with Gasteiger partial charge in [-0.25, -0.2) is 4.79 Å². The summed E-state index contributed by atoms with van der Waals surface area (Å²) in [6.07, 6.45) is -7.01. The Morgan fingerprint density at radius 1 is 0.863 bits per heavy atom. The monoisotopic (exact) mass is 1130 g/mol. The third kappa shape index (κ3) is 13.8. The molecule has 0 amide bonds. The van der Waals surface area contributed by atoms with Gasteiger partial charge in [-0.1, -0.05) is 33.8 Å². The zero-order valence-corrected chi connectivity index (χ0v) is 50.3. The Labute approximate surface area is 471 Å². The molecule has 1 aromatic carbocycles. The van der Waals surface area contributed by atoms with E-state index in [9.17, 15) is 44.4 Å². The minimum atomic E-state index is -2.03. The molecule has 2 aromatic rings. The fourth-order valence-corrected chi connectivity index (χ4v) is 12.7. The zero-order chi connectivity index (χ0) is 59.7. The van der Waals surface area contributed by atoms with E-state index in [4.69, 9.17) is 42.6 Å². The van der Waals surface area contributed by atoms with E-state index >= 15 is 0 Å². The summed E-state index contributed by atoms with van der Waals surface area (Å²) in [4.78, 5) is 71.9. The first-order valence-corrected chi connectivity index (χ1v) is 28.4. The van der Waals surface area contributed by atoms with Crippen molar-refractivity contribution >= 4 is 34.6 Å². The Hall–Kier alpha value is -3.97. The lowest BCUT2D eigenvalue weighted by Gasteiger charge is -2.50. The van der Waals surface area contributed by atoms with Crippen LogP contribution in [-0.2, 0) is 75.8 Å². The van der Waals surface area contributed by atoms with Crippen molar-refractivity contribution in [2.45, 2.75) is 225 Å². The lowest BCUT2D eigenvalue weighted by molar-refractivity contribution is -0.320. The first-order valence-electron chi connectivity index (χ1n) is 28.4. The van der Waals surface area contributed by atoms with Gasteiger partial charge in [0.2, 0.25) is 5.43 Å². The number of esters is 2. The number of aryl methyl sites for hydroxylation is 1. The number of cyclic esters (lactones) is 1. The fourth-order valence-electron chi connectivity index (χ4n) is 12.7. The summed E-state index contributed by atoms with van der Waals surface area (Å²) in [5.74, 6) is -6.65. The largest absolute Gasteiger partial charge is 0.477 e. The number of hydrogen-bond donors (Lipinski definition) is 4. The number of aromatic carboxylic acids is 1. The molecule has 452 valence electrons. The Morgan fingerprint density at radius 3 is 2.12 bits per heavy atom. The number of nitrogens with zero attached hydrogens (tertiary/aromatic N) is 3. The Morgan fingerprint density at radius 2 is 1.51 bits per heavy atom. The number of benzene rings is 1. The van der Waals surface area contributed by atoms with Gasteiger partial charge >= 0.3 is 17.9 Å². The quantitative estimate of drug-likeness (QED) is 0.149. The number of ketones is 1. The van der Waals surface area contributed by atoms with Crippen LogP contribution in [0.15, 0.2) is 23.1 Å². The van der Waals surface area contributed by atoms with Crippen LogP contribution in [-0.4, -0.2) is 191 Å². The van der Waals surface area contributed by atoms with Gasteiger partial charge in [0, 0.05) is 68.1 Å². The molecule has 80 heavy (non-hydrogen) atoms. The molecule has 4 aliphatic heterocycles. The highest BCUT2D eigenvalue weighted by Gasteiger charge is 2.55. The third-order valence-corrected chi connectivity index (χ3v) is 17.8. The second-order valence-electron chi connectivity index (χ2n) is 24.7. The highest BCUT2D eigenvalue weighted by molar-refractivity contribution is 5.94. The first kappa shape index (κ1) is 65.2. The summed E-state index contributed by atoms with van der Waals surface area (Å²) in [5, 5.41) is 45.5. The van der Waals surface area contributed by atoms with Crippen LogP contribution >= 0.6 is 0 Å². The topological polar surface area (TPSA) is 261 Å². The number of hydrogen-bond acceptors (Lipinski definition) is 19. The Balaban J connectivity index is 1.20. The van der Waals surface area contributed by atoms with E-state index in [-0.39, 0.29) is 55.8 Å². The number of pyridine rings is 1. The van der Waals surface area contributed by atoms with E-state index in [0.29, 0.717) is 43.3 Å². The van der Waals surface area contributed by atoms with Gasteiger partial charge in [-0.15, -0.1) is 0 Å². The number of Topliss-reactive ketones (excluding diaryl/α,β-unsaturated/α-hetero) is 1. The van der Waals surface area contributed by atoms with Crippen LogP contribution in [0.2, 0.25) is 0 Å². The van der Waals surface area contributed by atoms with Crippen molar-refractivity contribution in [1.82, 2.24) is 14.4 Å². The summed E-state index contributed by atoms with van der Waals surface area (Å²) in [7, 11) is 8.63. The average Bonchev–Trinajstić information content (AvgIpc) is 3.46. The van der Waals surface area contributed by atoms with Crippen LogP contribution < -0.4 is 5.43 Å². The molecule has 4 N–H and O–H groups in total. The van der Waals surface area contributed by atoms with Gasteiger partial charge in [0.15, 0.2) is 18.7 Å². The SMILES string of the molecule is CC[C@H]1OC(=O)[C@H](C)[C@@H](O[C@H]2C[C@@](C)(OC)[C@@H](OC(=O)CCN(C)CCCc3cc4c5c(c3)c(=O)c(C(=O)O)cn5C(C)(C)OC4)[C@H](C)O2)[C@H](C)[C@@H](O[C@H]2O[C@@H](C)C[C@@H](N(C)C)[C@@H]2O)[C@](C)(OC)C[C@@H](C)C(=O)[C@H](C)[C@@H](O)[C@]1(C)O. The van der Waals surface area contributed by atoms with Crippen LogP contribution in [0.1, 0.15) is 143 Å². The number of methoxy groups -OCH3 is 2. The molecular formula is C59H93N3O18. The predicted molar refractivity (Wildman–Crippen MR) is 295 cm³/mol. The van der Waals surface area contributed by atoms with E-state index < -0.39 is 125 Å². The van der Waals surface area contributed by atoms with Gasteiger partial charge in [-0.3, -0.25) is 19.2 Å². The molecule has 0 unspecified atom stereocenters. The minimum absolute atomic E-state index is 0.0317. The number of aliphatic hydroxyl groups is 3. The molecule has 1 aromatic heterocycles. The van der Waals surface area contributed by atoms with Crippen LogP contribution in [0.5, 0.6) is 0 Å². The van der Waals surface area contributed by atoms with Crippen molar-refractivity contribution in [2.75, 3.05) is 48.5 Å². The lowest BCUT2D eigenvalue weighted by Crippen LogP contribution is -2.61. The zero-order valence-electron chi connectivity index (χ0n) is 50.3. The number of ether oxygens (including phenoxy) is 9. The van der Waals surface area contributed by atoms with E-state index in [1.165, 1.54) is 34.3 Å². The van der Waals surface area contributed by atoms with E-state index in [1.54, 1.807) is 52.2 Å². The number of likely N-dealkylation sites (N-methyl/N-ethyl adjacent to an activating group) is 1. The molecule has 3 fully saturated rings.